The zero-order valence-corrected chi connectivity index (χ0v) is 9.47. The Hall–Kier alpha value is -1.69. The van der Waals surface area contributed by atoms with E-state index in [1.807, 2.05) is 13.0 Å². The standard InChI is InChI=1S/C10H15N5O/c1-3-11-4-5-16-9-6-8(2)14-10-12-7-13-15(9)10/h6-7,11H,3-5H2,1-2H3. The average molecular weight is 221 g/mol. The Bertz CT molecular complexity index is 467. The summed E-state index contributed by atoms with van der Waals surface area (Å²) in [5.41, 5.74) is 0.874. The average Bonchev–Trinajstić information content (AvgIpc) is 2.72. The maximum Gasteiger partial charge on any atom is 0.255 e. The number of hydrogen-bond acceptors (Lipinski definition) is 5. The predicted octanol–water partition coefficient (Wildman–Crippen LogP) is 0.421. The van der Waals surface area contributed by atoms with E-state index in [9.17, 15) is 0 Å². The largest absolute Gasteiger partial charge is 0.476 e. The Labute approximate surface area is 93.7 Å². The zero-order chi connectivity index (χ0) is 11.4. The molecule has 0 fully saturated rings. The van der Waals surface area contributed by atoms with Crippen molar-refractivity contribution in [3.63, 3.8) is 0 Å². The highest BCUT2D eigenvalue weighted by Gasteiger charge is 2.05. The van der Waals surface area contributed by atoms with Crippen molar-refractivity contribution in [2.75, 3.05) is 19.7 Å². The van der Waals surface area contributed by atoms with Gasteiger partial charge in [0.15, 0.2) is 0 Å². The summed E-state index contributed by atoms with van der Waals surface area (Å²) in [5.74, 6) is 1.25. The molecule has 0 radical (unpaired) electrons. The molecule has 2 heterocycles. The molecule has 2 aromatic rings. The molecule has 0 amide bonds. The molecule has 0 aliphatic rings. The first-order chi connectivity index (χ1) is 7.81. The molecule has 6 heteroatoms. The van der Waals surface area contributed by atoms with E-state index in [-0.39, 0.29) is 0 Å². The number of likely N-dealkylation sites (N-methyl/N-ethyl adjacent to an activating group) is 1. The van der Waals surface area contributed by atoms with E-state index >= 15 is 0 Å². The Kier molecular flexibility index (Phi) is 3.31. The normalized spacial score (nSPS) is 10.9. The number of aromatic nitrogens is 4. The van der Waals surface area contributed by atoms with Crippen LogP contribution in [-0.4, -0.2) is 39.3 Å². The lowest BCUT2D eigenvalue weighted by molar-refractivity contribution is 0.295. The summed E-state index contributed by atoms with van der Waals surface area (Å²) in [6, 6.07) is 1.85. The van der Waals surface area contributed by atoms with Crippen LogP contribution in [0.1, 0.15) is 12.6 Å². The van der Waals surface area contributed by atoms with Crippen LogP contribution in [0.4, 0.5) is 0 Å². The molecule has 0 aromatic carbocycles. The fourth-order valence-corrected chi connectivity index (χ4v) is 1.40. The van der Waals surface area contributed by atoms with Crippen LogP contribution in [0.2, 0.25) is 0 Å². The first-order valence-corrected chi connectivity index (χ1v) is 5.32. The summed E-state index contributed by atoms with van der Waals surface area (Å²) in [6.07, 6.45) is 1.47. The summed E-state index contributed by atoms with van der Waals surface area (Å²) in [5, 5.41) is 7.25. The van der Waals surface area contributed by atoms with Gasteiger partial charge in [-0.3, -0.25) is 0 Å². The molecule has 86 valence electrons. The van der Waals surface area contributed by atoms with Crippen LogP contribution in [0.5, 0.6) is 5.88 Å². The molecular weight excluding hydrogens is 206 g/mol. The van der Waals surface area contributed by atoms with Crippen molar-refractivity contribution in [1.29, 1.82) is 0 Å². The van der Waals surface area contributed by atoms with Gasteiger partial charge >= 0.3 is 0 Å². The van der Waals surface area contributed by atoms with Crippen LogP contribution in [0.15, 0.2) is 12.4 Å². The monoisotopic (exact) mass is 221 g/mol. The number of aryl methyl sites for hydroxylation is 1. The highest BCUT2D eigenvalue weighted by Crippen LogP contribution is 2.12. The summed E-state index contributed by atoms with van der Waals surface area (Å²) in [4.78, 5) is 8.26. The van der Waals surface area contributed by atoms with Gasteiger partial charge in [0.25, 0.3) is 5.78 Å². The van der Waals surface area contributed by atoms with Crippen molar-refractivity contribution < 1.29 is 4.74 Å². The van der Waals surface area contributed by atoms with E-state index in [0.29, 0.717) is 18.3 Å². The molecule has 1 N–H and O–H groups in total. The van der Waals surface area contributed by atoms with Gasteiger partial charge in [-0.05, 0) is 13.5 Å². The third kappa shape index (κ3) is 2.27. The van der Waals surface area contributed by atoms with Crippen LogP contribution < -0.4 is 10.1 Å². The highest BCUT2D eigenvalue weighted by atomic mass is 16.5. The number of nitrogens with one attached hydrogen (secondary N) is 1. The molecule has 2 aromatic heterocycles. The van der Waals surface area contributed by atoms with Gasteiger partial charge in [-0.15, -0.1) is 0 Å². The third-order valence-electron chi connectivity index (χ3n) is 2.13. The number of hydrogen-bond donors (Lipinski definition) is 1. The molecule has 16 heavy (non-hydrogen) atoms. The third-order valence-corrected chi connectivity index (χ3v) is 2.13. The molecule has 0 bridgehead atoms. The molecule has 2 rings (SSSR count). The number of nitrogens with zero attached hydrogens (tertiary/aromatic N) is 4. The minimum atomic E-state index is 0.568. The van der Waals surface area contributed by atoms with Gasteiger partial charge < -0.3 is 10.1 Å². The summed E-state index contributed by atoms with van der Waals surface area (Å²) < 4.78 is 7.21. The van der Waals surface area contributed by atoms with E-state index in [0.717, 1.165) is 18.8 Å². The van der Waals surface area contributed by atoms with Gasteiger partial charge in [-0.2, -0.15) is 14.6 Å². The summed E-state index contributed by atoms with van der Waals surface area (Å²) in [7, 11) is 0. The highest BCUT2D eigenvalue weighted by molar-refractivity contribution is 5.32. The van der Waals surface area contributed by atoms with Gasteiger partial charge in [0.1, 0.15) is 12.9 Å². The first kappa shape index (κ1) is 10.8. The van der Waals surface area contributed by atoms with E-state index in [4.69, 9.17) is 4.74 Å². The molecule has 0 aliphatic heterocycles. The predicted molar refractivity (Wildman–Crippen MR) is 59.6 cm³/mol. The number of ether oxygens (including phenoxy) is 1. The van der Waals surface area contributed by atoms with Crippen molar-refractivity contribution in [2.24, 2.45) is 0 Å². The molecular formula is C10H15N5O. The van der Waals surface area contributed by atoms with Crippen molar-refractivity contribution in [2.45, 2.75) is 13.8 Å². The van der Waals surface area contributed by atoms with Crippen molar-refractivity contribution in [1.82, 2.24) is 24.9 Å². The molecule has 6 nitrogen and oxygen atoms in total. The van der Waals surface area contributed by atoms with Gasteiger partial charge in [0, 0.05) is 18.3 Å². The second-order valence-corrected chi connectivity index (χ2v) is 3.41. The van der Waals surface area contributed by atoms with Gasteiger partial charge in [-0.25, -0.2) is 4.98 Å². The fraction of sp³-hybridized carbons (Fsp3) is 0.500. The van der Waals surface area contributed by atoms with Gasteiger partial charge in [0.2, 0.25) is 5.88 Å². The molecule has 0 saturated carbocycles. The number of rotatable bonds is 5. The second-order valence-electron chi connectivity index (χ2n) is 3.41. The zero-order valence-electron chi connectivity index (χ0n) is 9.47. The molecule has 0 saturated heterocycles. The minimum Gasteiger partial charge on any atom is -0.476 e. The smallest absolute Gasteiger partial charge is 0.255 e. The second kappa shape index (κ2) is 4.89. The van der Waals surface area contributed by atoms with E-state index in [2.05, 4.69) is 27.3 Å². The molecule has 0 spiro atoms. The fourth-order valence-electron chi connectivity index (χ4n) is 1.40. The van der Waals surface area contributed by atoms with Crippen LogP contribution in [0.3, 0.4) is 0 Å². The minimum absolute atomic E-state index is 0.568. The maximum atomic E-state index is 5.62. The quantitative estimate of drug-likeness (QED) is 0.741. The maximum absolute atomic E-state index is 5.62. The molecule has 0 atom stereocenters. The lowest BCUT2D eigenvalue weighted by Gasteiger charge is -2.07. The molecule has 0 unspecified atom stereocenters. The van der Waals surface area contributed by atoms with Gasteiger partial charge in [-0.1, -0.05) is 6.92 Å². The Balaban J connectivity index is 2.12. The van der Waals surface area contributed by atoms with Crippen LogP contribution in [0.25, 0.3) is 5.78 Å². The van der Waals surface area contributed by atoms with E-state index in [1.54, 1.807) is 4.52 Å². The van der Waals surface area contributed by atoms with Gasteiger partial charge in [0.05, 0.1) is 0 Å². The first-order valence-electron chi connectivity index (χ1n) is 5.32. The summed E-state index contributed by atoms with van der Waals surface area (Å²) >= 11 is 0. The summed E-state index contributed by atoms with van der Waals surface area (Å²) in [6.45, 7) is 6.33. The number of fused-ring (bicyclic) bond motifs is 1. The molecule has 0 aliphatic carbocycles. The van der Waals surface area contributed by atoms with Crippen molar-refractivity contribution >= 4 is 5.78 Å². The van der Waals surface area contributed by atoms with E-state index in [1.165, 1.54) is 6.33 Å². The SMILES string of the molecule is CCNCCOc1cc(C)nc2ncnn12. The van der Waals surface area contributed by atoms with Crippen molar-refractivity contribution in [3.05, 3.63) is 18.1 Å². The Morgan fingerprint density at radius 2 is 2.38 bits per heavy atom. The van der Waals surface area contributed by atoms with Crippen LogP contribution in [0, 0.1) is 6.92 Å². The lowest BCUT2D eigenvalue weighted by Crippen LogP contribution is -2.21. The van der Waals surface area contributed by atoms with Crippen molar-refractivity contribution in [3.8, 4) is 5.88 Å². The Morgan fingerprint density at radius 1 is 1.50 bits per heavy atom. The van der Waals surface area contributed by atoms with Crippen LogP contribution in [-0.2, 0) is 0 Å². The van der Waals surface area contributed by atoms with E-state index < -0.39 is 0 Å². The van der Waals surface area contributed by atoms with Crippen LogP contribution >= 0.6 is 0 Å². The lowest BCUT2D eigenvalue weighted by atomic mass is 10.4. The topological polar surface area (TPSA) is 64.3 Å². The Morgan fingerprint density at radius 3 is 3.19 bits per heavy atom.